The molecule has 3 unspecified atom stereocenters. The molecule has 2 heteroatoms. The molecule has 0 spiro atoms. The van der Waals surface area contributed by atoms with E-state index in [4.69, 9.17) is 4.74 Å². The SMILES string of the molecule is CCCCC(CCC)NC1CC(C)OC(C)C1. The molecule has 102 valence electrons. The van der Waals surface area contributed by atoms with E-state index in [1.807, 2.05) is 0 Å². The van der Waals surface area contributed by atoms with Gasteiger partial charge >= 0.3 is 0 Å². The van der Waals surface area contributed by atoms with Gasteiger partial charge < -0.3 is 10.1 Å². The summed E-state index contributed by atoms with van der Waals surface area (Å²) < 4.78 is 5.80. The molecular formula is C15H31NO. The van der Waals surface area contributed by atoms with Gasteiger partial charge in [-0.1, -0.05) is 33.1 Å². The normalized spacial score (nSPS) is 31.4. The van der Waals surface area contributed by atoms with Crippen LogP contribution in [-0.4, -0.2) is 24.3 Å². The van der Waals surface area contributed by atoms with Gasteiger partial charge in [-0.05, 0) is 39.5 Å². The van der Waals surface area contributed by atoms with Gasteiger partial charge in [-0.15, -0.1) is 0 Å². The summed E-state index contributed by atoms with van der Waals surface area (Å²) in [6.07, 6.45) is 9.80. The van der Waals surface area contributed by atoms with E-state index in [0.717, 1.165) is 6.04 Å². The fourth-order valence-electron chi connectivity index (χ4n) is 2.98. The van der Waals surface area contributed by atoms with E-state index >= 15 is 0 Å². The van der Waals surface area contributed by atoms with Crippen LogP contribution in [0.4, 0.5) is 0 Å². The number of hydrogen-bond donors (Lipinski definition) is 1. The molecule has 1 fully saturated rings. The molecule has 0 aromatic heterocycles. The van der Waals surface area contributed by atoms with Gasteiger partial charge in [0.15, 0.2) is 0 Å². The second-order valence-electron chi connectivity index (χ2n) is 5.72. The average molecular weight is 241 g/mol. The van der Waals surface area contributed by atoms with Crippen molar-refractivity contribution in [2.75, 3.05) is 0 Å². The Kier molecular flexibility index (Phi) is 7.14. The minimum Gasteiger partial charge on any atom is -0.375 e. The molecule has 3 atom stereocenters. The van der Waals surface area contributed by atoms with Crippen molar-refractivity contribution >= 4 is 0 Å². The van der Waals surface area contributed by atoms with Crippen molar-refractivity contribution in [3.05, 3.63) is 0 Å². The number of nitrogens with one attached hydrogen (secondary N) is 1. The lowest BCUT2D eigenvalue weighted by atomic mass is 9.96. The third kappa shape index (κ3) is 5.87. The molecule has 1 aliphatic heterocycles. The molecular weight excluding hydrogens is 210 g/mol. The number of hydrogen-bond acceptors (Lipinski definition) is 2. The largest absolute Gasteiger partial charge is 0.375 e. The maximum Gasteiger partial charge on any atom is 0.0565 e. The molecule has 1 N–H and O–H groups in total. The van der Waals surface area contributed by atoms with Gasteiger partial charge in [-0.2, -0.15) is 0 Å². The Bertz CT molecular complexity index is 185. The first-order chi connectivity index (χ1) is 8.15. The zero-order chi connectivity index (χ0) is 12.7. The third-order valence-corrected chi connectivity index (χ3v) is 3.71. The highest BCUT2D eigenvalue weighted by atomic mass is 16.5. The number of unbranched alkanes of at least 4 members (excludes halogenated alkanes) is 1. The Morgan fingerprint density at radius 2 is 1.71 bits per heavy atom. The van der Waals surface area contributed by atoms with Crippen LogP contribution in [0.25, 0.3) is 0 Å². The summed E-state index contributed by atoms with van der Waals surface area (Å²) in [5.41, 5.74) is 0. The number of ether oxygens (including phenoxy) is 1. The zero-order valence-electron chi connectivity index (χ0n) is 12.2. The van der Waals surface area contributed by atoms with E-state index in [0.29, 0.717) is 18.2 Å². The second kappa shape index (κ2) is 8.10. The smallest absolute Gasteiger partial charge is 0.0565 e. The molecule has 0 aromatic rings. The van der Waals surface area contributed by atoms with Crippen molar-refractivity contribution in [1.82, 2.24) is 5.32 Å². The predicted octanol–water partition coefficient (Wildman–Crippen LogP) is 3.89. The highest BCUT2D eigenvalue weighted by Crippen LogP contribution is 2.20. The standard InChI is InChI=1S/C15H31NO/c1-5-7-9-14(8-6-2)16-15-10-12(3)17-13(4)11-15/h12-16H,5-11H2,1-4H3. The summed E-state index contributed by atoms with van der Waals surface area (Å²) in [6, 6.07) is 1.39. The Morgan fingerprint density at radius 1 is 1.06 bits per heavy atom. The third-order valence-electron chi connectivity index (χ3n) is 3.71. The molecule has 0 saturated carbocycles. The van der Waals surface area contributed by atoms with Gasteiger partial charge in [0.1, 0.15) is 0 Å². The molecule has 0 aliphatic carbocycles. The van der Waals surface area contributed by atoms with Crippen molar-refractivity contribution in [2.24, 2.45) is 0 Å². The number of rotatable bonds is 7. The molecule has 2 nitrogen and oxygen atoms in total. The zero-order valence-corrected chi connectivity index (χ0v) is 12.2. The van der Waals surface area contributed by atoms with Crippen molar-refractivity contribution in [2.45, 2.75) is 96.9 Å². The van der Waals surface area contributed by atoms with Crippen molar-refractivity contribution < 1.29 is 4.74 Å². The summed E-state index contributed by atoms with van der Waals surface area (Å²) in [6.45, 7) is 8.97. The molecule has 0 bridgehead atoms. The molecule has 1 heterocycles. The minimum atomic E-state index is 0.421. The summed E-state index contributed by atoms with van der Waals surface area (Å²) in [7, 11) is 0. The monoisotopic (exact) mass is 241 g/mol. The summed E-state index contributed by atoms with van der Waals surface area (Å²) in [4.78, 5) is 0. The lowest BCUT2D eigenvalue weighted by Gasteiger charge is -2.35. The van der Waals surface area contributed by atoms with E-state index in [1.165, 1.54) is 44.9 Å². The van der Waals surface area contributed by atoms with E-state index in [9.17, 15) is 0 Å². The van der Waals surface area contributed by atoms with E-state index in [-0.39, 0.29) is 0 Å². The van der Waals surface area contributed by atoms with Gasteiger partial charge in [0.05, 0.1) is 12.2 Å². The van der Waals surface area contributed by atoms with Crippen LogP contribution < -0.4 is 5.32 Å². The van der Waals surface area contributed by atoms with Gasteiger partial charge in [0.2, 0.25) is 0 Å². The van der Waals surface area contributed by atoms with Crippen LogP contribution in [0.2, 0.25) is 0 Å². The first kappa shape index (κ1) is 15.0. The fourth-order valence-corrected chi connectivity index (χ4v) is 2.98. The van der Waals surface area contributed by atoms with Crippen molar-refractivity contribution in [3.8, 4) is 0 Å². The lowest BCUT2D eigenvalue weighted by Crippen LogP contribution is -2.45. The highest BCUT2D eigenvalue weighted by Gasteiger charge is 2.25. The van der Waals surface area contributed by atoms with Gasteiger partial charge in [-0.25, -0.2) is 0 Å². The molecule has 17 heavy (non-hydrogen) atoms. The fraction of sp³-hybridized carbons (Fsp3) is 1.00. The molecule has 0 amide bonds. The second-order valence-corrected chi connectivity index (χ2v) is 5.72. The van der Waals surface area contributed by atoms with Crippen molar-refractivity contribution in [1.29, 1.82) is 0 Å². The van der Waals surface area contributed by atoms with Gasteiger partial charge in [0.25, 0.3) is 0 Å². The van der Waals surface area contributed by atoms with Crippen LogP contribution in [0, 0.1) is 0 Å². The van der Waals surface area contributed by atoms with Gasteiger partial charge in [0, 0.05) is 12.1 Å². The Balaban J connectivity index is 2.36. The minimum absolute atomic E-state index is 0.421. The topological polar surface area (TPSA) is 21.3 Å². The molecule has 0 aromatic carbocycles. The van der Waals surface area contributed by atoms with Crippen LogP contribution in [0.3, 0.4) is 0 Å². The quantitative estimate of drug-likeness (QED) is 0.730. The van der Waals surface area contributed by atoms with E-state index in [2.05, 4.69) is 33.0 Å². The van der Waals surface area contributed by atoms with Crippen LogP contribution in [-0.2, 0) is 4.74 Å². The Hall–Kier alpha value is -0.0800. The molecule has 1 rings (SSSR count). The van der Waals surface area contributed by atoms with E-state index < -0.39 is 0 Å². The summed E-state index contributed by atoms with van der Waals surface area (Å²) in [5, 5.41) is 3.87. The van der Waals surface area contributed by atoms with Crippen LogP contribution in [0.5, 0.6) is 0 Å². The van der Waals surface area contributed by atoms with Gasteiger partial charge in [-0.3, -0.25) is 0 Å². The molecule has 0 radical (unpaired) electrons. The Morgan fingerprint density at radius 3 is 2.24 bits per heavy atom. The summed E-state index contributed by atoms with van der Waals surface area (Å²) >= 11 is 0. The first-order valence-electron chi connectivity index (χ1n) is 7.57. The summed E-state index contributed by atoms with van der Waals surface area (Å²) in [5.74, 6) is 0. The predicted molar refractivity (Wildman–Crippen MR) is 74.4 cm³/mol. The molecule has 1 saturated heterocycles. The lowest BCUT2D eigenvalue weighted by molar-refractivity contribution is -0.0438. The highest BCUT2D eigenvalue weighted by molar-refractivity contribution is 4.81. The van der Waals surface area contributed by atoms with Crippen LogP contribution in [0.15, 0.2) is 0 Å². The van der Waals surface area contributed by atoms with Crippen molar-refractivity contribution in [3.63, 3.8) is 0 Å². The maximum atomic E-state index is 5.80. The van der Waals surface area contributed by atoms with Crippen LogP contribution >= 0.6 is 0 Å². The van der Waals surface area contributed by atoms with Crippen LogP contribution in [0.1, 0.15) is 72.6 Å². The first-order valence-corrected chi connectivity index (χ1v) is 7.57. The molecule has 1 aliphatic rings. The maximum absolute atomic E-state index is 5.80. The van der Waals surface area contributed by atoms with E-state index in [1.54, 1.807) is 0 Å². The average Bonchev–Trinajstić information content (AvgIpc) is 2.24. The Labute approximate surface area is 108 Å².